The van der Waals surface area contributed by atoms with E-state index in [9.17, 15) is 0 Å². The molecule has 0 heterocycles. The van der Waals surface area contributed by atoms with Crippen LogP contribution in [0, 0.1) is 0 Å². The highest BCUT2D eigenvalue weighted by atomic mass is 16.5. The number of benzene rings is 1. The van der Waals surface area contributed by atoms with E-state index < -0.39 is 0 Å². The Bertz CT molecular complexity index is 482. The first-order valence-corrected chi connectivity index (χ1v) is 13.1. The van der Waals surface area contributed by atoms with E-state index in [1.54, 1.807) is 0 Å². The molecule has 1 atom stereocenters. The summed E-state index contributed by atoms with van der Waals surface area (Å²) in [4.78, 5) is 0. The number of hydrogen-bond donors (Lipinski definition) is 1. The minimum Gasteiger partial charge on any atom is -0.489 e. The van der Waals surface area contributed by atoms with Gasteiger partial charge in [-0.25, -0.2) is 0 Å². The molecule has 0 bridgehead atoms. The Balaban J connectivity index is 1.84. The molecule has 0 saturated heterocycles. The molecular weight excluding hydrogens is 366 g/mol. The summed E-state index contributed by atoms with van der Waals surface area (Å²) in [5.41, 5.74) is 1.37. The third-order valence-corrected chi connectivity index (χ3v) is 6.02. The zero-order valence-corrected chi connectivity index (χ0v) is 20.7. The van der Waals surface area contributed by atoms with E-state index in [1.807, 2.05) is 0 Å². The SMILES string of the molecule is CCCCCCCCCCCCCCCCNCC(C)Oc1ccc(C(C)C)cc1. The molecular formula is C28H51NO. The fourth-order valence-corrected chi connectivity index (χ4v) is 3.96. The van der Waals surface area contributed by atoms with Crippen molar-refractivity contribution < 1.29 is 4.74 Å². The number of unbranched alkanes of at least 4 members (excludes halogenated alkanes) is 13. The first-order valence-electron chi connectivity index (χ1n) is 13.1. The van der Waals surface area contributed by atoms with Gasteiger partial charge in [0, 0.05) is 6.54 Å². The largest absolute Gasteiger partial charge is 0.489 e. The minimum absolute atomic E-state index is 0.210. The second-order valence-electron chi connectivity index (χ2n) is 9.45. The van der Waals surface area contributed by atoms with Gasteiger partial charge in [-0.1, -0.05) is 116 Å². The van der Waals surface area contributed by atoms with Crippen molar-refractivity contribution in [1.82, 2.24) is 5.32 Å². The van der Waals surface area contributed by atoms with Crippen molar-refractivity contribution in [2.24, 2.45) is 0 Å². The van der Waals surface area contributed by atoms with Gasteiger partial charge in [0.15, 0.2) is 0 Å². The Morgan fingerprint density at radius 1 is 0.667 bits per heavy atom. The van der Waals surface area contributed by atoms with Crippen LogP contribution in [-0.2, 0) is 0 Å². The van der Waals surface area contributed by atoms with Crippen LogP contribution in [-0.4, -0.2) is 19.2 Å². The Morgan fingerprint density at radius 2 is 1.13 bits per heavy atom. The second kappa shape index (κ2) is 18.7. The highest BCUT2D eigenvalue weighted by molar-refractivity contribution is 5.29. The molecule has 1 aromatic carbocycles. The van der Waals surface area contributed by atoms with E-state index in [4.69, 9.17) is 4.74 Å². The lowest BCUT2D eigenvalue weighted by atomic mass is 10.0. The van der Waals surface area contributed by atoms with Crippen LogP contribution in [0.2, 0.25) is 0 Å². The first-order chi connectivity index (χ1) is 14.6. The molecule has 0 aliphatic carbocycles. The lowest BCUT2D eigenvalue weighted by Gasteiger charge is -2.16. The number of hydrogen-bond acceptors (Lipinski definition) is 2. The first kappa shape index (κ1) is 27.0. The van der Waals surface area contributed by atoms with Crippen molar-refractivity contribution in [3.8, 4) is 5.75 Å². The predicted octanol–water partition coefficient (Wildman–Crippen LogP) is 8.65. The Kier molecular flexibility index (Phi) is 16.9. The molecule has 0 aromatic heterocycles. The van der Waals surface area contributed by atoms with Gasteiger partial charge < -0.3 is 10.1 Å². The summed E-state index contributed by atoms with van der Waals surface area (Å²) in [5.74, 6) is 1.55. The molecule has 1 N–H and O–H groups in total. The monoisotopic (exact) mass is 417 g/mol. The van der Waals surface area contributed by atoms with E-state index in [1.165, 1.54) is 95.5 Å². The maximum atomic E-state index is 6.01. The maximum absolute atomic E-state index is 6.01. The van der Waals surface area contributed by atoms with Crippen LogP contribution in [0.4, 0.5) is 0 Å². The maximum Gasteiger partial charge on any atom is 0.119 e. The molecule has 0 aliphatic heterocycles. The van der Waals surface area contributed by atoms with E-state index >= 15 is 0 Å². The van der Waals surface area contributed by atoms with Gasteiger partial charge >= 0.3 is 0 Å². The van der Waals surface area contributed by atoms with Crippen molar-refractivity contribution in [1.29, 1.82) is 0 Å². The fourth-order valence-electron chi connectivity index (χ4n) is 3.96. The quantitative estimate of drug-likeness (QED) is 0.214. The van der Waals surface area contributed by atoms with Crippen LogP contribution in [0.15, 0.2) is 24.3 Å². The van der Waals surface area contributed by atoms with Gasteiger partial charge in [0.25, 0.3) is 0 Å². The Hall–Kier alpha value is -1.02. The topological polar surface area (TPSA) is 21.3 Å². The lowest BCUT2D eigenvalue weighted by Crippen LogP contribution is -2.29. The van der Waals surface area contributed by atoms with Crippen molar-refractivity contribution in [2.45, 2.75) is 130 Å². The van der Waals surface area contributed by atoms with Crippen LogP contribution < -0.4 is 10.1 Å². The average molecular weight is 418 g/mol. The number of ether oxygens (including phenoxy) is 1. The van der Waals surface area contributed by atoms with Gasteiger partial charge in [0.2, 0.25) is 0 Å². The molecule has 174 valence electrons. The third-order valence-electron chi connectivity index (χ3n) is 6.02. The molecule has 2 heteroatoms. The normalized spacial score (nSPS) is 12.4. The van der Waals surface area contributed by atoms with Crippen molar-refractivity contribution in [2.75, 3.05) is 13.1 Å². The molecule has 1 unspecified atom stereocenters. The summed E-state index contributed by atoms with van der Waals surface area (Å²) < 4.78 is 6.01. The summed E-state index contributed by atoms with van der Waals surface area (Å²) in [5, 5.41) is 3.55. The summed E-state index contributed by atoms with van der Waals surface area (Å²) in [6.07, 6.45) is 20.1. The molecule has 0 fully saturated rings. The minimum atomic E-state index is 0.210. The van der Waals surface area contributed by atoms with Crippen LogP contribution >= 0.6 is 0 Å². The van der Waals surface area contributed by atoms with Crippen LogP contribution in [0.25, 0.3) is 0 Å². The molecule has 1 aromatic rings. The highest BCUT2D eigenvalue weighted by Gasteiger charge is 2.05. The molecule has 30 heavy (non-hydrogen) atoms. The molecule has 1 rings (SSSR count). The fraction of sp³-hybridized carbons (Fsp3) is 0.786. The van der Waals surface area contributed by atoms with E-state index in [2.05, 4.69) is 57.3 Å². The zero-order chi connectivity index (χ0) is 21.9. The van der Waals surface area contributed by atoms with Crippen LogP contribution in [0.1, 0.15) is 129 Å². The van der Waals surface area contributed by atoms with Gasteiger partial charge in [0.05, 0.1) is 0 Å². The molecule has 0 radical (unpaired) electrons. The second-order valence-corrected chi connectivity index (χ2v) is 9.45. The molecule has 0 amide bonds. The molecule has 2 nitrogen and oxygen atoms in total. The Morgan fingerprint density at radius 3 is 1.60 bits per heavy atom. The third kappa shape index (κ3) is 14.9. The summed E-state index contributed by atoms with van der Waals surface area (Å²) in [6.45, 7) is 10.9. The smallest absolute Gasteiger partial charge is 0.119 e. The Labute approximate surface area is 188 Å². The van der Waals surface area contributed by atoms with Gasteiger partial charge in [-0.3, -0.25) is 0 Å². The summed E-state index contributed by atoms with van der Waals surface area (Å²) >= 11 is 0. The van der Waals surface area contributed by atoms with E-state index in [-0.39, 0.29) is 6.10 Å². The predicted molar refractivity (Wildman–Crippen MR) is 134 cm³/mol. The molecule has 0 saturated carbocycles. The van der Waals surface area contributed by atoms with E-state index in [0.717, 1.165) is 18.8 Å². The summed E-state index contributed by atoms with van der Waals surface area (Å²) in [7, 11) is 0. The van der Waals surface area contributed by atoms with Crippen molar-refractivity contribution in [3.63, 3.8) is 0 Å². The number of rotatable bonds is 20. The zero-order valence-electron chi connectivity index (χ0n) is 20.7. The highest BCUT2D eigenvalue weighted by Crippen LogP contribution is 2.19. The lowest BCUT2D eigenvalue weighted by molar-refractivity contribution is 0.217. The van der Waals surface area contributed by atoms with Crippen molar-refractivity contribution >= 4 is 0 Å². The van der Waals surface area contributed by atoms with Crippen molar-refractivity contribution in [3.05, 3.63) is 29.8 Å². The van der Waals surface area contributed by atoms with Crippen LogP contribution in [0.3, 0.4) is 0 Å². The van der Waals surface area contributed by atoms with E-state index in [0.29, 0.717) is 5.92 Å². The molecule has 0 spiro atoms. The standard InChI is InChI=1S/C28H51NO/c1-5-6-7-8-9-10-11-12-13-14-15-16-17-18-23-29-24-26(4)30-28-21-19-27(20-22-28)25(2)3/h19-22,25-26,29H,5-18,23-24H2,1-4H3. The average Bonchev–Trinajstić information content (AvgIpc) is 2.74. The van der Waals surface area contributed by atoms with Gasteiger partial charge in [-0.2, -0.15) is 0 Å². The van der Waals surface area contributed by atoms with Gasteiger partial charge in [-0.15, -0.1) is 0 Å². The van der Waals surface area contributed by atoms with Crippen LogP contribution in [0.5, 0.6) is 5.75 Å². The van der Waals surface area contributed by atoms with Gasteiger partial charge in [-0.05, 0) is 43.5 Å². The summed E-state index contributed by atoms with van der Waals surface area (Å²) in [6, 6.07) is 8.54. The number of nitrogens with one attached hydrogen (secondary N) is 1. The molecule has 0 aliphatic rings. The van der Waals surface area contributed by atoms with Gasteiger partial charge in [0.1, 0.15) is 11.9 Å².